The molecule has 0 spiro atoms. The van der Waals surface area contributed by atoms with Crippen LogP contribution in [-0.2, 0) is 21.1 Å². The summed E-state index contributed by atoms with van der Waals surface area (Å²) in [4.78, 5) is 16.3. The predicted octanol–water partition coefficient (Wildman–Crippen LogP) is 4.38. The lowest BCUT2D eigenvalue weighted by Gasteiger charge is -2.29. The molecule has 0 aliphatic heterocycles. The van der Waals surface area contributed by atoms with E-state index in [4.69, 9.17) is 4.42 Å². The van der Waals surface area contributed by atoms with Crippen LogP contribution in [0.3, 0.4) is 0 Å². The number of carbonyl (C=O) groups excluding carboxylic acids is 1. The standard InChI is InChI=1S/C22H21F3N2O5S/c23-22(24,25)32-16-2-1-3-18(11-16)33(29,30)17-6-4-14(5-7-17)12-27-21(28)19-10-15-8-9-26-13-20(15)31-19/h4-10,13,16,18H,1-3,11-12H2,(H,27,28). The Kier molecular flexibility index (Phi) is 6.44. The lowest BCUT2D eigenvalue weighted by atomic mass is 9.97. The summed E-state index contributed by atoms with van der Waals surface area (Å²) >= 11 is 0. The van der Waals surface area contributed by atoms with Crippen LogP contribution in [0.5, 0.6) is 0 Å². The minimum atomic E-state index is -4.79. The number of pyridine rings is 1. The second-order valence-corrected chi connectivity index (χ2v) is 10.1. The van der Waals surface area contributed by atoms with Crippen molar-refractivity contribution in [3.63, 3.8) is 0 Å². The van der Waals surface area contributed by atoms with Crippen molar-refractivity contribution in [2.45, 2.75) is 54.8 Å². The highest BCUT2D eigenvalue weighted by atomic mass is 32.2. The molecule has 1 aromatic carbocycles. The molecule has 1 aliphatic carbocycles. The molecule has 1 N–H and O–H groups in total. The van der Waals surface area contributed by atoms with Gasteiger partial charge in [-0.05, 0) is 55.5 Å². The van der Waals surface area contributed by atoms with Crippen LogP contribution in [0.25, 0.3) is 11.0 Å². The average Bonchev–Trinajstić information content (AvgIpc) is 3.21. The van der Waals surface area contributed by atoms with E-state index in [1.165, 1.54) is 18.3 Å². The van der Waals surface area contributed by atoms with Crippen LogP contribution in [0.1, 0.15) is 41.8 Å². The maximum atomic E-state index is 12.9. The number of carbonyl (C=O) groups is 1. The van der Waals surface area contributed by atoms with Gasteiger partial charge in [0.05, 0.1) is 22.4 Å². The topological polar surface area (TPSA) is 98.5 Å². The molecule has 3 aromatic rings. The maximum Gasteiger partial charge on any atom is 0.522 e. The summed E-state index contributed by atoms with van der Waals surface area (Å²) in [6, 6.07) is 9.24. The summed E-state index contributed by atoms with van der Waals surface area (Å²) in [7, 11) is -3.81. The summed E-state index contributed by atoms with van der Waals surface area (Å²) in [6.45, 7) is 0.138. The first-order chi connectivity index (χ1) is 15.6. The van der Waals surface area contributed by atoms with E-state index < -0.39 is 33.5 Å². The Bertz CT molecular complexity index is 1210. The van der Waals surface area contributed by atoms with Gasteiger partial charge in [0.1, 0.15) is 0 Å². The third-order valence-corrected chi connectivity index (χ3v) is 7.80. The number of alkyl halides is 3. The number of fused-ring (bicyclic) bond motifs is 1. The zero-order valence-electron chi connectivity index (χ0n) is 17.3. The number of halogens is 3. The lowest BCUT2D eigenvalue weighted by Crippen LogP contribution is -2.35. The molecule has 2 atom stereocenters. The van der Waals surface area contributed by atoms with E-state index in [0.717, 1.165) is 5.39 Å². The molecule has 0 saturated heterocycles. The lowest BCUT2D eigenvalue weighted by molar-refractivity contribution is -0.345. The van der Waals surface area contributed by atoms with Crippen LogP contribution in [-0.4, -0.2) is 37.0 Å². The number of nitrogens with zero attached hydrogens (tertiary/aromatic N) is 1. The highest BCUT2D eigenvalue weighted by molar-refractivity contribution is 7.92. The second kappa shape index (κ2) is 9.14. The van der Waals surface area contributed by atoms with Gasteiger partial charge < -0.3 is 9.73 Å². The monoisotopic (exact) mass is 482 g/mol. The van der Waals surface area contributed by atoms with Crippen molar-refractivity contribution in [3.05, 3.63) is 60.1 Å². The number of hydrogen-bond donors (Lipinski definition) is 1. The Hall–Kier alpha value is -2.92. The largest absolute Gasteiger partial charge is 0.522 e. The number of hydrogen-bond acceptors (Lipinski definition) is 6. The van der Waals surface area contributed by atoms with Crippen molar-refractivity contribution in [2.75, 3.05) is 0 Å². The van der Waals surface area contributed by atoms with Gasteiger partial charge in [-0.25, -0.2) is 8.42 Å². The molecule has 11 heteroatoms. The minimum absolute atomic E-state index is 0.0278. The van der Waals surface area contributed by atoms with Gasteiger partial charge >= 0.3 is 6.36 Å². The van der Waals surface area contributed by atoms with Gasteiger partial charge in [-0.2, -0.15) is 0 Å². The zero-order chi connectivity index (χ0) is 23.6. The molecule has 2 aromatic heterocycles. The SMILES string of the molecule is O=C(NCc1ccc(S(=O)(=O)C2CCCC(OC(F)(F)F)C2)cc1)c1cc2ccncc2o1. The Balaban J connectivity index is 1.38. The van der Waals surface area contributed by atoms with E-state index in [-0.39, 0.29) is 36.5 Å². The Labute approximate surface area is 187 Å². The molecule has 2 unspecified atom stereocenters. The molecular formula is C22H21F3N2O5S. The average molecular weight is 482 g/mol. The van der Waals surface area contributed by atoms with Crippen LogP contribution in [0.2, 0.25) is 0 Å². The Morgan fingerprint density at radius 2 is 1.94 bits per heavy atom. The van der Waals surface area contributed by atoms with E-state index in [9.17, 15) is 26.4 Å². The predicted molar refractivity (Wildman–Crippen MR) is 112 cm³/mol. The molecule has 0 radical (unpaired) electrons. The third kappa shape index (κ3) is 5.53. The van der Waals surface area contributed by atoms with Gasteiger partial charge in [-0.1, -0.05) is 12.1 Å². The maximum absolute atomic E-state index is 12.9. The third-order valence-electron chi connectivity index (χ3n) is 5.57. The van der Waals surface area contributed by atoms with Crippen LogP contribution < -0.4 is 5.32 Å². The molecule has 1 aliphatic rings. The minimum Gasteiger partial charge on any atom is -0.449 e. The van der Waals surface area contributed by atoms with Crippen LogP contribution in [0.15, 0.2) is 58.1 Å². The number of rotatable bonds is 6. The number of furan rings is 1. The number of nitrogens with one attached hydrogen (secondary N) is 1. The van der Waals surface area contributed by atoms with Crippen molar-refractivity contribution in [2.24, 2.45) is 0 Å². The van der Waals surface area contributed by atoms with E-state index >= 15 is 0 Å². The first kappa shape index (κ1) is 23.2. The number of amides is 1. The van der Waals surface area contributed by atoms with Crippen molar-refractivity contribution < 1.29 is 35.5 Å². The van der Waals surface area contributed by atoms with E-state index in [1.54, 1.807) is 30.5 Å². The summed E-state index contributed by atoms with van der Waals surface area (Å²) in [5.41, 5.74) is 1.14. The second-order valence-electron chi connectivity index (χ2n) is 7.87. The molecule has 7 nitrogen and oxygen atoms in total. The summed E-state index contributed by atoms with van der Waals surface area (Å²) in [5.74, 6) is -0.300. The van der Waals surface area contributed by atoms with Crippen molar-refractivity contribution >= 4 is 26.7 Å². The van der Waals surface area contributed by atoms with Crippen molar-refractivity contribution in [1.82, 2.24) is 10.3 Å². The quantitative estimate of drug-likeness (QED) is 0.560. The van der Waals surface area contributed by atoms with Gasteiger partial charge in [0.15, 0.2) is 21.2 Å². The highest BCUT2D eigenvalue weighted by Gasteiger charge is 2.39. The normalized spacial score (nSPS) is 19.5. The van der Waals surface area contributed by atoms with Gasteiger partial charge in [-0.3, -0.25) is 14.5 Å². The molecule has 33 heavy (non-hydrogen) atoms. The summed E-state index contributed by atoms with van der Waals surface area (Å²) in [6.07, 6.45) is -2.26. The van der Waals surface area contributed by atoms with Crippen LogP contribution in [0.4, 0.5) is 13.2 Å². The van der Waals surface area contributed by atoms with Crippen molar-refractivity contribution in [3.8, 4) is 0 Å². The molecule has 1 amide bonds. The molecule has 2 heterocycles. The Morgan fingerprint density at radius 3 is 2.64 bits per heavy atom. The van der Waals surface area contributed by atoms with Gasteiger partial charge in [0.25, 0.3) is 5.91 Å². The number of benzene rings is 1. The van der Waals surface area contributed by atoms with E-state index in [0.29, 0.717) is 17.6 Å². The van der Waals surface area contributed by atoms with Gasteiger partial charge in [0, 0.05) is 18.1 Å². The van der Waals surface area contributed by atoms with Crippen LogP contribution >= 0.6 is 0 Å². The Morgan fingerprint density at radius 1 is 1.18 bits per heavy atom. The highest BCUT2D eigenvalue weighted by Crippen LogP contribution is 2.33. The van der Waals surface area contributed by atoms with Gasteiger partial charge in [0.2, 0.25) is 0 Å². The molecular weight excluding hydrogens is 461 g/mol. The fraction of sp³-hybridized carbons (Fsp3) is 0.364. The molecule has 0 bridgehead atoms. The molecule has 176 valence electrons. The first-order valence-electron chi connectivity index (χ1n) is 10.3. The molecule has 4 rings (SSSR count). The zero-order valence-corrected chi connectivity index (χ0v) is 18.2. The first-order valence-corrected chi connectivity index (χ1v) is 11.9. The van der Waals surface area contributed by atoms with Crippen molar-refractivity contribution in [1.29, 1.82) is 0 Å². The molecule has 1 fully saturated rings. The fourth-order valence-corrected chi connectivity index (χ4v) is 5.78. The van der Waals surface area contributed by atoms with E-state index in [2.05, 4.69) is 15.0 Å². The van der Waals surface area contributed by atoms with Crippen LogP contribution in [0, 0.1) is 0 Å². The smallest absolute Gasteiger partial charge is 0.449 e. The van der Waals surface area contributed by atoms with E-state index in [1.807, 2.05) is 0 Å². The summed E-state index contributed by atoms with van der Waals surface area (Å²) in [5, 5.41) is 2.51. The number of sulfone groups is 1. The number of aromatic nitrogens is 1. The van der Waals surface area contributed by atoms with Gasteiger partial charge in [-0.15, -0.1) is 13.2 Å². The fourth-order valence-electron chi connectivity index (χ4n) is 3.94. The number of ether oxygens (including phenoxy) is 1. The molecule has 1 saturated carbocycles. The summed E-state index contributed by atoms with van der Waals surface area (Å²) < 4.78 is 72.9.